The van der Waals surface area contributed by atoms with Crippen LogP contribution in [0, 0.1) is 0 Å². The zero-order valence-electron chi connectivity index (χ0n) is 14.5. The summed E-state index contributed by atoms with van der Waals surface area (Å²) in [5, 5.41) is 0.559. The van der Waals surface area contributed by atoms with Gasteiger partial charge in [-0.3, -0.25) is 25.4 Å². The van der Waals surface area contributed by atoms with Crippen LogP contribution < -0.4 is 21.2 Å². The summed E-state index contributed by atoms with van der Waals surface area (Å²) < 4.78 is 10.7. The number of ether oxygens (including phenoxy) is 1. The third kappa shape index (κ3) is 4.30. The summed E-state index contributed by atoms with van der Waals surface area (Å²) >= 11 is 0. The Morgan fingerprint density at radius 1 is 1.07 bits per heavy atom. The van der Waals surface area contributed by atoms with E-state index in [1.165, 1.54) is 30.6 Å². The number of amides is 2. The summed E-state index contributed by atoms with van der Waals surface area (Å²) in [5.41, 5.74) is 4.03. The predicted molar refractivity (Wildman–Crippen MR) is 97.4 cm³/mol. The van der Waals surface area contributed by atoms with Gasteiger partial charge in [0, 0.05) is 29.4 Å². The van der Waals surface area contributed by atoms with Crippen molar-refractivity contribution in [1.82, 2.24) is 15.8 Å². The molecule has 2 heterocycles. The van der Waals surface area contributed by atoms with Gasteiger partial charge >= 0.3 is 5.63 Å². The summed E-state index contributed by atoms with van der Waals surface area (Å²) in [6.45, 7) is 2.53. The Morgan fingerprint density at radius 2 is 1.81 bits per heavy atom. The number of carbonyl (C=O) groups is 2. The molecule has 0 fully saturated rings. The number of aromatic nitrogens is 1. The van der Waals surface area contributed by atoms with Crippen molar-refractivity contribution in [3.63, 3.8) is 0 Å². The minimum atomic E-state index is -0.814. The lowest BCUT2D eigenvalue weighted by molar-refractivity contribution is 0.0844. The van der Waals surface area contributed by atoms with E-state index in [2.05, 4.69) is 15.8 Å². The summed E-state index contributed by atoms with van der Waals surface area (Å²) in [7, 11) is 0. The zero-order chi connectivity index (χ0) is 19.2. The van der Waals surface area contributed by atoms with Crippen LogP contribution in [-0.2, 0) is 0 Å². The summed E-state index contributed by atoms with van der Waals surface area (Å²) in [6.07, 6.45) is 3.76. The van der Waals surface area contributed by atoms with E-state index in [-0.39, 0.29) is 5.56 Å². The first-order valence-electron chi connectivity index (χ1n) is 8.30. The van der Waals surface area contributed by atoms with Crippen LogP contribution >= 0.6 is 0 Å². The normalized spacial score (nSPS) is 10.4. The predicted octanol–water partition coefficient (Wildman–Crippen LogP) is 2.05. The topological polar surface area (TPSA) is 111 Å². The van der Waals surface area contributed by atoms with Gasteiger partial charge in [-0.2, -0.15) is 0 Å². The summed E-state index contributed by atoms with van der Waals surface area (Å²) in [5.74, 6) is -0.734. The van der Waals surface area contributed by atoms with Crippen molar-refractivity contribution in [3.8, 4) is 5.75 Å². The average Bonchev–Trinajstić information content (AvgIpc) is 2.70. The number of carbonyl (C=O) groups excluding carboxylic acids is 2. The lowest BCUT2D eigenvalue weighted by atomic mass is 10.1. The molecule has 3 rings (SSSR count). The van der Waals surface area contributed by atoms with E-state index in [1.807, 2.05) is 6.92 Å². The van der Waals surface area contributed by atoms with Gasteiger partial charge < -0.3 is 9.15 Å². The highest BCUT2D eigenvalue weighted by atomic mass is 16.5. The van der Waals surface area contributed by atoms with Crippen LogP contribution in [0.15, 0.2) is 58.0 Å². The fraction of sp³-hybridized carbons (Fsp3) is 0.158. The van der Waals surface area contributed by atoms with Crippen LogP contribution in [-0.4, -0.2) is 23.4 Å². The monoisotopic (exact) mass is 367 g/mol. The molecule has 0 atom stereocenters. The molecule has 2 aromatic heterocycles. The Bertz CT molecular complexity index is 1030. The van der Waals surface area contributed by atoms with Crippen LogP contribution in [0.4, 0.5) is 0 Å². The second kappa shape index (κ2) is 8.13. The molecule has 0 radical (unpaired) electrons. The molecule has 8 heteroatoms. The number of rotatable bonds is 5. The molecule has 0 saturated carbocycles. The Kier molecular flexibility index (Phi) is 5.46. The number of hydrogen-bond donors (Lipinski definition) is 2. The molecule has 3 aromatic rings. The largest absolute Gasteiger partial charge is 0.493 e. The van der Waals surface area contributed by atoms with Crippen LogP contribution in [0.25, 0.3) is 11.0 Å². The Labute approximate surface area is 154 Å². The SMILES string of the molecule is CCCOc1ccc2cc(C(=O)NNC(=O)c3ccncc3)c(=O)oc2c1. The van der Waals surface area contributed by atoms with E-state index >= 15 is 0 Å². The van der Waals surface area contributed by atoms with Crippen molar-refractivity contribution in [3.05, 3.63) is 70.3 Å². The van der Waals surface area contributed by atoms with Crippen molar-refractivity contribution < 1.29 is 18.7 Å². The highest BCUT2D eigenvalue weighted by Crippen LogP contribution is 2.20. The first-order valence-corrected chi connectivity index (χ1v) is 8.30. The molecule has 8 nitrogen and oxygen atoms in total. The molecule has 138 valence electrons. The molecule has 0 spiro atoms. The minimum absolute atomic E-state index is 0.222. The quantitative estimate of drug-likeness (QED) is 0.527. The molecule has 1 aromatic carbocycles. The second-order valence-electron chi connectivity index (χ2n) is 5.64. The van der Waals surface area contributed by atoms with Crippen molar-refractivity contribution in [2.24, 2.45) is 0 Å². The molecule has 0 saturated heterocycles. The maximum absolute atomic E-state index is 12.2. The highest BCUT2D eigenvalue weighted by molar-refractivity contribution is 6.00. The van der Waals surface area contributed by atoms with Gasteiger partial charge in [0.2, 0.25) is 0 Å². The molecular weight excluding hydrogens is 350 g/mol. The van der Waals surface area contributed by atoms with Crippen molar-refractivity contribution in [1.29, 1.82) is 0 Å². The van der Waals surface area contributed by atoms with Crippen molar-refractivity contribution in [2.45, 2.75) is 13.3 Å². The molecule has 0 bridgehead atoms. The molecule has 0 aliphatic carbocycles. The number of nitrogens with zero attached hydrogens (tertiary/aromatic N) is 1. The number of fused-ring (bicyclic) bond motifs is 1. The lowest BCUT2D eigenvalue weighted by Gasteiger charge is -2.08. The third-order valence-electron chi connectivity index (χ3n) is 3.66. The molecule has 0 aliphatic heterocycles. The number of pyridine rings is 1. The van der Waals surface area contributed by atoms with Gasteiger partial charge in [-0.15, -0.1) is 0 Å². The average molecular weight is 367 g/mol. The number of nitrogens with one attached hydrogen (secondary N) is 2. The molecule has 2 amide bonds. The lowest BCUT2D eigenvalue weighted by Crippen LogP contribution is -2.43. The summed E-state index contributed by atoms with van der Waals surface area (Å²) in [6, 6.07) is 9.40. The van der Waals surface area contributed by atoms with Gasteiger partial charge in [0.25, 0.3) is 11.8 Å². The van der Waals surface area contributed by atoms with Gasteiger partial charge in [-0.1, -0.05) is 6.92 Å². The molecular formula is C19H17N3O5. The number of hydrogen-bond acceptors (Lipinski definition) is 6. The first kappa shape index (κ1) is 18.1. The zero-order valence-corrected chi connectivity index (χ0v) is 14.5. The van der Waals surface area contributed by atoms with E-state index in [0.717, 1.165) is 6.42 Å². The van der Waals surface area contributed by atoms with Crippen molar-refractivity contribution >= 4 is 22.8 Å². The van der Waals surface area contributed by atoms with Gasteiger partial charge in [0.1, 0.15) is 16.9 Å². The number of hydrazine groups is 1. The van der Waals surface area contributed by atoms with Gasteiger partial charge in [0.15, 0.2) is 0 Å². The standard InChI is InChI=1S/C19H17N3O5/c1-2-9-26-14-4-3-13-10-15(19(25)27-16(13)11-14)18(24)22-21-17(23)12-5-7-20-8-6-12/h3-8,10-11H,2,9H2,1H3,(H,21,23)(H,22,24). The van der Waals surface area contributed by atoms with E-state index in [1.54, 1.807) is 18.2 Å². The molecule has 0 aliphatic rings. The molecule has 2 N–H and O–H groups in total. The van der Waals surface area contributed by atoms with E-state index in [9.17, 15) is 14.4 Å². The van der Waals surface area contributed by atoms with Gasteiger partial charge in [-0.05, 0) is 36.8 Å². The fourth-order valence-electron chi connectivity index (χ4n) is 2.32. The third-order valence-corrected chi connectivity index (χ3v) is 3.66. The van der Waals surface area contributed by atoms with Crippen molar-refractivity contribution in [2.75, 3.05) is 6.61 Å². The Balaban J connectivity index is 1.75. The first-order chi connectivity index (χ1) is 13.1. The maximum atomic E-state index is 12.2. The number of benzene rings is 1. The van der Waals surface area contributed by atoms with E-state index < -0.39 is 17.4 Å². The molecule has 0 unspecified atom stereocenters. The second-order valence-corrected chi connectivity index (χ2v) is 5.64. The smallest absolute Gasteiger partial charge is 0.349 e. The van der Waals surface area contributed by atoms with Gasteiger partial charge in [-0.25, -0.2) is 4.79 Å². The van der Waals surface area contributed by atoms with Crippen LogP contribution in [0.3, 0.4) is 0 Å². The van der Waals surface area contributed by atoms with Crippen LogP contribution in [0.1, 0.15) is 34.1 Å². The maximum Gasteiger partial charge on any atom is 0.349 e. The summed E-state index contributed by atoms with van der Waals surface area (Å²) in [4.78, 5) is 40.1. The molecule has 27 heavy (non-hydrogen) atoms. The Hall–Kier alpha value is -3.68. The minimum Gasteiger partial charge on any atom is -0.493 e. The van der Waals surface area contributed by atoms with Crippen LogP contribution in [0.5, 0.6) is 5.75 Å². The fourth-order valence-corrected chi connectivity index (χ4v) is 2.32. The van der Waals surface area contributed by atoms with Crippen LogP contribution in [0.2, 0.25) is 0 Å². The van der Waals surface area contributed by atoms with E-state index in [0.29, 0.717) is 28.9 Å². The van der Waals surface area contributed by atoms with Gasteiger partial charge in [0.05, 0.1) is 6.61 Å². The van der Waals surface area contributed by atoms with E-state index in [4.69, 9.17) is 9.15 Å². The highest BCUT2D eigenvalue weighted by Gasteiger charge is 2.15. The Morgan fingerprint density at radius 3 is 2.56 bits per heavy atom.